The molecule has 4 nitrogen and oxygen atoms in total. The Balaban J connectivity index is 1.89. The quantitative estimate of drug-likeness (QED) is 0.716. The first-order valence-corrected chi connectivity index (χ1v) is 8.65. The van der Waals surface area contributed by atoms with Crippen LogP contribution in [0.4, 0.5) is 5.69 Å². The predicted molar refractivity (Wildman–Crippen MR) is 97.7 cm³/mol. The fourth-order valence-electron chi connectivity index (χ4n) is 2.34. The van der Waals surface area contributed by atoms with Crippen LogP contribution in [0.25, 0.3) is 0 Å². The number of amidine groups is 1. The van der Waals surface area contributed by atoms with E-state index in [2.05, 4.69) is 37.5 Å². The van der Waals surface area contributed by atoms with Crippen molar-refractivity contribution in [2.45, 2.75) is 0 Å². The van der Waals surface area contributed by atoms with Crippen LogP contribution in [0.3, 0.4) is 0 Å². The van der Waals surface area contributed by atoms with Gasteiger partial charge in [0.15, 0.2) is 5.84 Å². The van der Waals surface area contributed by atoms with Crippen molar-refractivity contribution in [3.8, 4) is 0 Å². The van der Waals surface area contributed by atoms with Gasteiger partial charge in [0.2, 0.25) is 0 Å². The maximum absolute atomic E-state index is 4.75. The molecule has 0 fully saturated rings. The van der Waals surface area contributed by atoms with Crippen LogP contribution in [0.5, 0.6) is 0 Å². The zero-order valence-electron chi connectivity index (χ0n) is 11.9. The average molecular weight is 383 g/mol. The summed E-state index contributed by atoms with van der Waals surface area (Å²) in [6, 6.07) is 14.0. The SMILES string of the molecule is Brc1ccc2c(c1)C(c1cccs1)=NNC(c1cccnc1)=N2. The fourth-order valence-corrected chi connectivity index (χ4v) is 3.43. The van der Waals surface area contributed by atoms with Gasteiger partial charge in [-0.25, -0.2) is 4.99 Å². The average Bonchev–Trinajstić information content (AvgIpc) is 3.04. The van der Waals surface area contributed by atoms with E-state index in [-0.39, 0.29) is 0 Å². The van der Waals surface area contributed by atoms with Crippen LogP contribution in [0.1, 0.15) is 16.0 Å². The molecule has 0 atom stereocenters. The maximum Gasteiger partial charge on any atom is 0.155 e. The largest absolute Gasteiger partial charge is 0.264 e. The Kier molecular flexibility index (Phi) is 3.77. The van der Waals surface area contributed by atoms with Crippen molar-refractivity contribution in [1.82, 2.24) is 10.4 Å². The molecule has 0 bridgehead atoms. The number of nitrogens with one attached hydrogen (secondary N) is 1. The molecule has 112 valence electrons. The number of benzene rings is 1. The molecule has 3 heterocycles. The second kappa shape index (κ2) is 6.06. The number of fused-ring (bicyclic) bond motifs is 1. The van der Waals surface area contributed by atoms with Gasteiger partial charge in [0.25, 0.3) is 0 Å². The van der Waals surface area contributed by atoms with E-state index >= 15 is 0 Å². The van der Waals surface area contributed by atoms with Gasteiger partial charge in [0.05, 0.1) is 10.6 Å². The number of aliphatic imine (C=N–C) groups is 1. The van der Waals surface area contributed by atoms with Crippen LogP contribution in [-0.2, 0) is 0 Å². The summed E-state index contributed by atoms with van der Waals surface area (Å²) < 4.78 is 1.00. The zero-order valence-corrected chi connectivity index (χ0v) is 14.3. The summed E-state index contributed by atoms with van der Waals surface area (Å²) in [6.45, 7) is 0. The summed E-state index contributed by atoms with van der Waals surface area (Å²) >= 11 is 5.19. The Labute approximate surface area is 145 Å². The molecule has 0 aliphatic carbocycles. The summed E-state index contributed by atoms with van der Waals surface area (Å²) in [5, 5.41) is 6.65. The molecular weight excluding hydrogens is 372 g/mol. The minimum Gasteiger partial charge on any atom is -0.264 e. The Morgan fingerprint density at radius 2 is 2.04 bits per heavy atom. The number of aromatic nitrogens is 1. The first-order valence-electron chi connectivity index (χ1n) is 6.98. The lowest BCUT2D eigenvalue weighted by molar-refractivity contribution is 1.03. The van der Waals surface area contributed by atoms with E-state index < -0.39 is 0 Å². The third-order valence-corrected chi connectivity index (χ3v) is 4.78. The third-order valence-electron chi connectivity index (χ3n) is 3.41. The van der Waals surface area contributed by atoms with Crippen LogP contribution in [-0.4, -0.2) is 16.5 Å². The van der Waals surface area contributed by atoms with Gasteiger partial charge in [-0.1, -0.05) is 22.0 Å². The zero-order chi connectivity index (χ0) is 15.6. The molecule has 6 heteroatoms. The molecule has 0 unspecified atom stereocenters. The minimum atomic E-state index is 0.688. The van der Waals surface area contributed by atoms with Crippen molar-refractivity contribution in [3.05, 3.63) is 80.7 Å². The topological polar surface area (TPSA) is 49.6 Å². The highest BCUT2D eigenvalue weighted by molar-refractivity contribution is 9.10. The van der Waals surface area contributed by atoms with Crippen molar-refractivity contribution >= 4 is 44.5 Å². The number of thiophene rings is 1. The van der Waals surface area contributed by atoms with Crippen molar-refractivity contribution in [2.24, 2.45) is 10.1 Å². The minimum absolute atomic E-state index is 0.688. The van der Waals surface area contributed by atoms with Gasteiger partial charge in [-0.3, -0.25) is 10.4 Å². The van der Waals surface area contributed by atoms with Gasteiger partial charge < -0.3 is 0 Å². The van der Waals surface area contributed by atoms with Crippen molar-refractivity contribution in [1.29, 1.82) is 0 Å². The summed E-state index contributed by atoms with van der Waals surface area (Å²) in [5.74, 6) is 0.688. The summed E-state index contributed by atoms with van der Waals surface area (Å²) in [6.07, 6.45) is 3.52. The molecule has 1 N–H and O–H groups in total. The number of halogens is 1. The number of rotatable bonds is 2. The number of hydrogen-bond donors (Lipinski definition) is 1. The monoisotopic (exact) mass is 382 g/mol. The van der Waals surface area contributed by atoms with Gasteiger partial charge in [0.1, 0.15) is 5.71 Å². The Bertz CT molecular complexity index is 902. The van der Waals surface area contributed by atoms with Gasteiger partial charge >= 0.3 is 0 Å². The number of hydrazone groups is 1. The molecule has 0 spiro atoms. The lowest BCUT2D eigenvalue weighted by Crippen LogP contribution is -2.19. The van der Waals surface area contributed by atoms with Crippen molar-refractivity contribution in [3.63, 3.8) is 0 Å². The van der Waals surface area contributed by atoms with E-state index in [1.165, 1.54) is 0 Å². The Hall–Kier alpha value is -2.31. The first-order chi connectivity index (χ1) is 11.3. The highest BCUT2D eigenvalue weighted by Crippen LogP contribution is 2.29. The molecule has 1 aliphatic rings. The smallest absolute Gasteiger partial charge is 0.155 e. The van der Waals surface area contributed by atoms with Gasteiger partial charge in [-0.15, -0.1) is 11.3 Å². The van der Waals surface area contributed by atoms with Gasteiger partial charge in [0, 0.05) is 28.0 Å². The van der Waals surface area contributed by atoms with E-state index in [1.807, 2.05) is 41.8 Å². The summed E-state index contributed by atoms with van der Waals surface area (Å²) in [7, 11) is 0. The molecule has 0 saturated carbocycles. The Morgan fingerprint density at radius 3 is 2.83 bits per heavy atom. The van der Waals surface area contributed by atoms with Crippen LogP contribution >= 0.6 is 27.3 Å². The van der Waals surface area contributed by atoms with Crippen molar-refractivity contribution < 1.29 is 0 Å². The van der Waals surface area contributed by atoms with Crippen molar-refractivity contribution in [2.75, 3.05) is 0 Å². The molecule has 23 heavy (non-hydrogen) atoms. The summed E-state index contributed by atoms with van der Waals surface area (Å²) in [5.41, 5.74) is 6.75. The third kappa shape index (κ3) is 2.83. The molecule has 2 aromatic heterocycles. The Morgan fingerprint density at radius 1 is 1.09 bits per heavy atom. The molecule has 1 aliphatic heterocycles. The van der Waals surface area contributed by atoms with E-state index in [0.29, 0.717) is 5.84 Å². The molecule has 3 aromatic rings. The standard InChI is InChI=1S/C17H11BrN4S/c18-12-5-6-14-13(9-12)16(15-4-2-8-23-15)21-22-17(20-14)11-3-1-7-19-10-11/h1-10H,(H,20,22). The second-order valence-corrected chi connectivity index (χ2v) is 6.78. The number of nitrogens with zero attached hydrogens (tertiary/aromatic N) is 3. The first kappa shape index (κ1) is 14.3. The second-order valence-electron chi connectivity index (χ2n) is 4.91. The molecular formula is C17H11BrN4S. The lowest BCUT2D eigenvalue weighted by atomic mass is 10.1. The molecule has 4 rings (SSSR count). The predicted octanol–water partition coefficient (Wildman–Crippen LogP) is 4.34. The van der Waals surface area contributed by atoms with E-state index in [4.69, 9.17) is 4.99 Å². The molecule has 1 aromatic carbocycles. The summed E-state index contributed by atoms with van der Waals surface area (Å²) in [4.78, 5) is 10.00. The highest BCUT2D eigenvalue weighted by Gasteiger charge is 2.18. The van der Waals surface area contributed by atoms with Crippen LogP contribution in [0, 0.1) is 0 Å². The van der Waals surface area contributed by atoms with E-state index in [9.17, 15) is 0 Å². The highest BCUT2D eigenvalue weighted by atomic mass is 79.9. The van der Waals surface area contributed by atoms with Gasteiger partial charge in [-0.05, 0) is 41.8 Å². The number of hydrogen-bond acceptors (Lipinski definition) is 5. The normalized spacial score (nSPS) is 13.4. The lowest BCUT2D eigenvalue weighted by Gasteiger charge is -2.05. The molecule has 0 radical (unpaired) electrons. The fraction of sp³-hybridized carbons (Fsp3) is 0. The molecule has 0 saturated heterocycles. The van der Waals surface area contributed by atoms with Crippen LogP contribution < -0.4 is 5.43 Å². The van der Waals surface area contributed by atoms with Crippen LogP contribution in [0.2, 0.25) is 0 Å². The van der Waals surface area contributed by atoms with E-state index in [0.717, 1.165) is 31.9 Å². The van der Waals surface area contributed by atoms with Gasteiger partial charge in [-0.2, -0.15) is 5.10 Å². The number of pyridine rings is 1. The van der Waals surface area contributed by atoms with E-state index in [1.54, 1.807) is 23.7 Å². The maximum atomic E-state index is 4.75. The van der Waals surface area contributed by atoms with Crippen LogP contribution in [0.15, 0.2) is 74.8 Å². The molecule has 0 amide bonds.